The first-order chi connectivity index (χ1) is 13.6. The summed E-state index contributed by atoms with van der Waals surface area (Å²) in [5.74, 6) is 0.789. The van der Waals surface area contributed by atoms with Gasteiger partial charge in [-0.3, -0.25) is 4.79 Å². The van der Waals surface area contributed by atoms with Crippen molar-refractivity contribution in [1.29, 1.82) is 0 Å². The number of aromatic nitrogens is 1. The Bertz CT molecular complexity index is 945. The summed E-state index contributed by atoms with van der Waals surface area (Å²) in [5, 5.41) is 4.28. The van der Waals surface area contributed by atoms with Crippen molar-refractivity contribution in [2.75, 3.05) is 7.11 Å². The molecule has 0 saturated heterocycles. The Kier molecular flexibility index (Phi) is 6.40. The van der Waals surface area contributed by atoms with E-state index >= 15 is 0 Å². The highest BCUT2D eigenvalue weighted by Gasteiger charge is 2.25. The second-order valence-corrected chi connectivity index (χ2v) is 7.31. The average Bonchev–Trinajstić information content (AvgIpc) is 3.15. The molecule has 2 aromatic carbocycles. The van der Waals surface area contributed by atoms with Gasteiger partial charge in [0.1, 0.15) is 5.75 Å². The maximum absolute atomic E-state index is 12.8. The van der Waals surface area contributed by atoms with Gasteiger partial charge in [0.25, 0.3) is 0 Å². The molecular formula is C24H30N2O2. The zero-order valence-electron chi connectivity index (χ0n) is 17.2. The van der Waals surface area contributed by atoms with Gasteiger partial charge in [-0.25, -0.2) is 0 Å². The van der Waals surface area contributed by atoms with Crippen LogP contribution in [0.25, 0.3) is 10.9 Å². The van der Waals surface area contributed by atoms with Crippen LogP contribution in [0.5, 0.6) is 5.75 Å². The first-order valence-corrected chi connectivity index (χ1v) is 10.1. The summed E-state index contributed by atoms with van der Waals surface area (Å²) >= 11 is 0. The molecule has 0 radical (unpaired) electrons. The zero-order valence-corrected chi connectivity index (χ0v) is 17.2. The Balaban J connectivity index is 2.08. The van der Waals surface area contributed by atoms with E-state index in [1.54, 1.807) is 7.11 Å². The summed E-state index contributed by atoms with van der Waals surface area (Å²) in [5.41, 5.74) is 4.61. The maximum Gasteiger partial charge on any atom is 0.221 e. The van der Waals surface area contributed by atoms with E-state index in [0.717, 1.165) is 35.2 Å². The topological polar surface area (TPSA) is 54.1 Å². The standard InChI is InChI=1S/C24H30N2O2/c1-5-16(3)26-23(27)14-20(18-11-7-8-13-22(18)28-4)21-15-25-24-17(6-2)10-9-12-19(21)24/h7-13,15-16,20,25H,5-6,14H2,1-4H3,(H,26,27)/t16-,20+/m1/s1. The second kappa shape index (κ2) is 8.96. The van der Waals surface area contributed by atoms with Gasteiger partial charge < -0.3 is 15.0 Å². The largest absolute Gasteiger partial charge is 0.496 e. The quantitative estimate of drug-likeness (QED) is 0.568. The van der Waals surface area contributed by atoms with E-state index in [1.807, 2.05) is 25.1 Å². The molecule has 3 rings (SSSR count). The van der Waals surface area contributed by atoms with E-state index in [0.29, 0.717) is 6.42 Å². The number of amides is 1. The predicted molar refractivity (Wildman–Crippen MR) is 115 cm³/mol. The number of nitrogens with one attached hydrogen (secondary N) is 2. The monoisotopic (exact) mass is 378 g/mol. The molecule has 2 N–H and O–H groups in total. The lowest BCUT2D eigenvalue weighted by Crippen LogP contribution is -2.33. The highest BCUT2D eigenvalue weighted by atomic mass is 16.5. The zero-order chi connectivity index (χ0) is 20.1. The van der Waals surface area contributed by atoms with Crippen molar-refractivity contribution in [3.8, 4) is 5.75 Å². The number of aromatic amines is 1. The van der Waals surface area contributed by atoms with Crippen molar-refractivity contribution in [2.45, 2.75) is 52.0 Å². The summed E-state index contributed by atoms with van der Waals surface area (Å²) in [6.07, 6.45) is 4.31. The van der Waals surface area contributed by atoms with Crippen LogP contribution in [-0.4, -0.2) is 24.0 Å². The minimum atomic E-state index is -0.0823. The number of fused-ring (bicyclic) bond motifs is 1. The van der Waals surface area contributed by atoms with Crippen LogP contribution in [0.1, 0.15) is 56.2 Å². The molecule has 0 fully saturated rings. The average molecular weight is 379 g/mol. The van der Waals surface area contributed by atoms with Crippen LogP contribution in [0.4, 0.5) is 0 Å². The highest BCUT2D eigenvalue weighted by molar-refractivity contribution is 5.88. The molecule has 4 nitrogen and oxygen atoms in total. The minimum absolute atomic E-state index is 0.0613. The summed E-state index contributed by atoms with van der Waals surface area (Å²) in [6, 6.07) is 14.5. The molecule has 0 unspecified atom stereocenters. The summed E-state index contributed by atoms with van der Waals surface area (Å²) < 4.78 is 5.62. The fourth-order valence-electron chi connectivity index (χ4n) is 3.78. The molecule has 0 aliphatic rings. The summed E-state index contributed by atoms with van der Waals surface area (Å²) in [4.78, 5) is 16.2. The minimum Gasteiger partial charge on any atom is -0.496 e. The van der Waals surface area contributed by atoms with Crippen LogP contribution in [0.2, 0.25) is 0 Å². The Morgan fingerprint density at radius 2 is 1.89 bits per heavy atom. The first-order valence-electron chi connectivity index (χ1n) is 10.1. The van der Waals surface area contributed by atoms with Gasteiger partial charge in [-0.1, -0.05) is 50.2 Å². The molecule has 148 valence electrons. The smallest absolute Gasteiger partial charge is 0.221 e. The molecule has 2 atom stereocenters. The van der Waals surface area contributed by atoms with Crippen LogP contribution in [0, 0.1) is 0 Å². The Morgan fingerprint density at radius 1 is 1.11 bits per heavy atom. The number of H-pyrrole nitrogens is 1. The normalized spacial score (nSPS) is 13.3. The molecule has 0 spiro atoms. The molecule has 0 saturated carbocycles. The number of para-hydroxylation sites is 2. The molecule has 0 aliphatic carbocycles. The maximum atomic E-state index is 12.8. The van der Waals surface area contributed by atoms with Gasteiger partial charge in [-0.15, -0.1) is 0 Å². The number of carbonyl (C=O) groups excluding carboxylic acids is 1. The fourth-order valence-corrected chi connectivity index (χ4v) is 3.78. The van der Waals surface area contributed by atoms with Crippen LogP contribution in [-0.2, 0) is 11.2 Å². The van der Waals surface area contributed by atoms with Crippen molar-refractivity contribution in [3.05, 3.63) is 65.4 Å². The number of rotatable bonds is 8. The lowest BCUT2D eigenvalue weighted by molar-refractivity contribution is -0.121. The van der Waals surface area contributed by atoms with Crippen LogP contribution in [0.3, 0.4) is 0 Å². The van der Waals surface area contributed by atoms with Gasteiger partial charge in [-0.2, -0.15) is 0 Å². The van der Waals surface area contributed by atoms with E-state index < -0.39 is 0 Å². The molecule has 4 heteroatoms. The Hall–Kier alpha value is -2.75. The van der Waals surface area contributed by atoms with E-state index in [1.165, 1.54) is 10.9 Å². The SMILES string of the molecule is CCc1cccc2c([C@@H](CC(=O)N[C@H](C)CC)c3ccccc3OC)c[nH]c12. The van der Waals surface area contributed by atoms with Crippen molar-refractivity contribution >= 4 is 16.8 Å². The number of ether oxygens (including phenoxy) is 1. The number of aryl methyl sites for hydroxylation is 1. The lowest BCUT2D eigenvalue weighted by Gasteiger charge is -2.21. The van der Waals surface area contributed by atoms with Crippen LogP contribution >= 0.6 is 0 Å². The van der Waals surface area contributed by atoms with Crippen molar-refractivity contribution in [2.24, 2.45) is 0 Å². The second-order valence-electron chi connectivity index (χ2n) is 7.31. The summed E-state index contributed by atoms with van der Waals surface area (Å²) in [7, 11) is 1.68. The third-order valence-electron chi connectivity index (χ3n) is 5.51. The number of hydrogen-bond acceptors (Lipinski definition) is 2. The number of benzene rings is 2. The highest BCUT2D eigenvalue weighted by Crippen LogP contribution is 2.38. The number of hydrogen-bond donors (Lipinski definition) is 2. The van der Waals surface area contributed by atoms with Crippen molar-refractivity contribution < 1.29 is 9.53 Å². The van der Waals surface area contributed by atoms with E-state index in [9.17, 15) is 4.79 Å². The fraction of sp³-hybridized carbons (Fsp3) is 0.375. The molecule has 1 aromatic heterocycles. The third-order valence-corrected chi connectivity index (χ3v) is 5.51. The van der Waals surface area contributed by atoms with Gasteiger partial charge in [0.2, 0.25) is 5.91 Å². The Labute approximate surface area is 167 Å². The van der Waals surface area contributed by atoms with E-state index in [2.05, 4.69) is 54.6 Å². The molecule has 0 aliphatic heterocycles. The first kappa shape index (κ1) is 20.0. The van der Waals surface area contributed by atoms with Gasteiger partial charge in [0, 0.05) is 41.0 Å². The summed E-state index contributed by atoms with van der Waals surface area (Å²) in [6.45, 7) is 6.27. The molecule has 28 heavy (non-hydrogen) atoms. The molecule has 0 bridgehead atoms. The number of methoxy groups -OCH3 is 1. The van der Waals surface area contributed by atoms with Gasteiger partial charge in [0.15, 0.2) is 0 Å². The Morgan fingerprint density at radius 3 is 2.61 bits per heavy atom. The number of carbonyl (C=O) groups is 1. The van der Waals surface area contributed by atoms with Crippen LogP contribution in [0.15, 0.2) is 48.7 Å². The molecule has 1 heterocycles. The van der Waals surface area contributed by atoms with Crippen molar-refractivity contribution in [1.82, 2.24) is 10.3 Å². The predicted octanol–water partition coefficient (Wildman–Crippen LogP) is 5.18. The van der Waals surface area contributed by atoms with Gasteiger partial charge >= 0.3 is 0 Å². The van der Waals surface area contributed by atoms with Gasteiger partial charge in [0.05, 0.1) is 7.11 Å². The molecule has 1 amide bonds. The molecule has 3 aromatic rings. The van der Waals surface area contributed by atoms with Gasteiger partial charge in [-0.05, 0) is 37.0 Å². The van der Waals surface area contributed by atoms with Crippen LogP contribution < -0.4 is 10.1 Å². The third kappa shape index (κ3) is 4.06. The van der Waals surface area contributed by atoms with Crippen molar-refractivity contribution in [3.63, 3.8) is 0 Å². The lowest BCUT2D eigenvalue weighted by atomic mass is 9.87. The van der Waals surface area contributed by atoms with E-state index in [-0.39, 0.29) is 17.9 Å². The van der Waals surface area contributed by atoms with E-state index in [4.69, 9.17) is 4.74 Å². The molecular weight excluding hydrogens is 348 g/mol.